The van der Waals surface area contributed by atoms with E-state index in [0.717, 1.165) is 11.1 Å². The van der Waals surface area contributed by atoms with Crippen LogP contribution in [-0.4, -0.2) is 111 Å². The van der Waals surface area contributed by atoms with Gasteiger partial charge in [-0.15, -0.1) is 0 Å². The highest BCUT2D eigenvalue weighted by molar-refractivity contribution is 5.88. The van der Waals surface area contributed by atoms with Crippen LogP contribution in [0, 0.1) is 5.92 Å². The van der Waals surface area contributed by atoms with E-state index in [2.05, 4.69) is 0 Å². The van der Waals surface area contributed by atoms with Gasteiger partial charge in [0.2, 0.25) is 6.29 Å². The van der Waals surface area contributed by atoms with Crippen LogP contribution in [0.1, 0.15) is 34.1 Å². The smallest absolute Gasteiger partial charge is 0.336 e. The molecule has 6 N–H and O–H groups in total. The molecule has 254 valence electrons. The van der Waals surface area contributed by atoms with Gasteiger partial charge < -0.3 is 54.4 Å². The zero-order valence-corrected chi connectivity index (χ0v) is 26.2. The Kier molecular flexibility index (Phi) is 16.1. The Morgan fingerprint density at radius 2 is 1.37 bits per heavy atom. The van der Waals surface area contributed by atoms with Crippen LogP contribution < -0.4 is 0 Å². The van der Waals surface area contributed by atoms with Crippen molar-refractivity contribution in [2.24, 2.45) is 5.92 Å². The Hall–Kier alpha value is -3.53. The van der Waals surface area contributed by atoms with Crippen LogP contribution in [0.25, 0.3) is 0 Å². The van der Waals surface area contributed by atoms with E-state index in [9.17, 15) is 39.9 Å². The number of allylic oxidation sites excluding steroid dienone is 12. The summed E-state index contributed by atoms with van der Waals surface area (Å²) in [5.41, 5.74) is 2.17. The minimum absolute atomic E-state index is 0.134. The second-order valence-electron chi connectivity index (χ2n) is 11.0. The predicted molar refractivity (Wildman–Crippen MR) is 165 cm³/mol. The van der Waals surface area contributed by atoms with E-state index >= 15 is 0 Å². The van der Waals surface area contributed by atoms with Gasteiger partial charge in [0.15, 0.2) is 6.29 Å². The third-order valence-electron chi connectivity index (χ3n) is 7.20. The highest BCUT2D eigenvalue weighted by Gasteiger charge is 2.47. The van der Waals surface area contributed by atoms with Gasteiger partial charge in [-0.1, -0.05) is 71.9 Å². The number of rotatable bonds is 14. The maximum absolute atomic E-state index is 12.7. The van der Waals surface area contributed by atoms with E-state index in [1.54, 1.807) is 24.3 Å². The van der Waals surface area contributed by atoms with E-state index in [-0.39, 0.29) is 24.2 Å². The molecule has 0 aromatic rings. The van der Waals surface area contributed by atoms with Gasteiger partial charge in [0, 0.05) is 17.6 Å². The Bertz CT molecular complexity index is 1260. The molecule has 2 aliphatic rings. The third kappa shape index (κ3) is 12.0. The molecule has 0 saturated carbocycles. The summed E-state index contributed by atoms with van der Waals surface area (Å²) in [7, 11) is 0. The van der Waals surface area contributed by atoms with E-state index in [1.165, 1.54) is 26.0 Å². The van der Waals surface area contributed by atoms with E-state index in [0.29, 0.717) is 6.29 Å². The molecular weight excluding hydrogens is 604 g/mol. The molecule has 2 saturated heterocycles. The Morgan fingerprint density at radius 1 is 0.783 bits per heavy atom. The molecule has 0 aromatic carbocycles. The molecule has 46 heavy (non-hydrogen) atoms. The molecule has 2 aliphatic heterocycles. The minimum Gasteiger partial charge on any atom is -0.478 e. The van der Waals surface area contributed by atoms with Crippen molar-refractivity contribution < 1.29 is 64.0 Å². The van der Waals surface area contributed by atoms with Crippen LogP contribution in [-0.2, 0) is 33.3 Å². The largest absolute Gasteiger partial charge is 0.478 e. The van der Waals surface area contributed by atoms with E-state index < -0.39 is 73.7 Å². The first kappa shape index (κ1) is 38.7. The van der Waals surface area contributed by atoms with Crippen molar-refractivity contribution in [1.29, 1.82) is 0 Å². The molecule has 2 rings (SSSR count). The van der Waals surface area contributed by atoms with Crippen molar-refractivity contribution in [2.75, 3.05) is 13.2 Å². The fourth-order valence-electron chi connectivity index (χ4n) is 4.29. The lowest BCUT2D eigenvalue weighted by atomic mass is 9.90. The zero-order valence-electron chi connectivity index (χ0n) is 26.2. The van der Waals surface area contributed by atoms with Gasteiger partial charge in [-0.2, -0.15) is 0 Å². The van der Waals surface area contributed by atoms with Gasteiger partial charge in [-0.05, 0) is 27.7 Å². The first-order chi connectivity index (χ1) is 21.8. The first-order valence-electron chi connectivity index (χ1n) is 14.7. The molecule has 9 atom stereocenters. The zero-order chi connectivity index (χ0) is 34.4. The fraction of sp³-hybridized carbons (Fsp3) is 0.485. The summed E-state index contributed by atoms with van der Waals surface area (Å²) in [4.78, 5) is 35.2. The summed E-state index contributed by atoms with van der Waals surface area (Å²) >= 11 is 0. The van der Waals surface area contributed by atoms with Gasteiger partial charge in [-0.3, -0.25) is 0 Å². The van der Waals surface area contributed by atoms with Crippen LogP contribution >= 0.6 is 0 Å². The molecule has 0 spiro atoms. The van der Waals surface area contributed by atoms with Gasteiger partial charge in [0.05, 0.1) is 31.3 Å². The number of aldehydes is 1. The fourth-order valence-corrected chi connectivity index (χ4v) is 4.29. The van der Waals surface area contributed by atoms with Gasteiger partial charge in [-0.25, -0.2) is 9.59 Å². The monoisotopic (exact) mass is 648 g/mol. The number of hydrogen-bond acceptors (Lipinski definition) is 12. The highest BCUT2D eigenvalue weighted by Crippen LogP contribution is 2.28. The van der Waals surface area contributed by atoms with Crippen molar-refractivity contribution in [3.63, 3.8) is 0 Å². The molecule has 0 radical (unpaired) electrons. The lowest BCUT2D eigenvalue weighted by Crippen LogP contribution is -2.58. The van der Waals surface area contributed by atoms with Crippen molar-refractivity contribution >= 4 is 18.2 Å². The number of aliphatic hydroxyl groups excluding tert-OH is 5. The van der Waals surface area contributed by atoms with Crippen molar-refractivity contribution in [2.45, 2.75) is 83.3 Å². The molecule has 0 unspecified atom stereocenters. The number of aliphatic carboxylic acids is 1. The summed E-state index contributed by atoms with van der Waals surface area (Å²) < 4.78 is 21.8. The molecule has 13 nitrogen and oxygen atoms in total. The quantitative estimate of drug-likeness (QED) is 0.0677. The SMILES string of the molecule is CC(/C=C/C=C(\C)C(=O)O)=C\C=C\C=C(C)\C=C\C=C(/C)C(=O)O[C@@H]1O[C@H](CO[C@H]2C[C@@H](O)[C@H](O)[C@@H](CO)O2)[C@@H](O)[C@H](C=O)[C@H]1O. The number of ether oxygens (including phenoxy) is 4. The number of hydrogen-bond donors (Lipinski definition) is 6. The molecular formula is C33H44O13. The Balaban J connectivity index is 1.96. The average molecular weight is 649 g/mol. The van der Waals surface area contributed by atoms with E-state index in [1.807, 2.05) is 38.2 Å². The third-order valence-corrected chi connectivity index (χ3v) is 7.20. The Labute approximate surface area is 267 Å². The lowest BCUT2D eigenvalue weighted by Gasteiger charge is -2.41. The molecule has 2 fully saturated rings. The molecule has 2 heterocycles. The van der Waals surface area contributed by atoms with Gasteiger partial charge in [0.25, 0.3) is 0 Å². The van der Waals surface area contributed by atoms with Crippen molar-refractivity contribution in [1.82, 2.24) is 0 Å². The molecule has 0 aliphatic carbocycles. The normalized spacial score (nSPS) is 32.0. The summed E-state index contributed by atoms with van der Waals surface area (Å²) in [6.45, 7) is 5.77. The molecule has 0 aromatic heterocycles. The molecule has 0 bridgehead atoms. The topological polar surface area (TPSA) is 210 Å². The number of carboxylic acid groups (broad SMARTS) is 1. The maximum atomic E-state index is 12.7. The second kappa shape index (κ2) is 19.2. The van der Waals surface area contributed by atoms with Gasteiger partial charge in [0.1, 0.15) is 30.7 Å². The van der Waals surface area contributed by atoms with Crippen LogP contribution in [0.5, 0.6) is 0 Å². The number of aliphatic hydroxyl groups is 5. The van der Waals surface area contributed by atoms with Crippen LogP contribution in [0.3, 0.4) is 0 Å². The van der Waals surface area contributed by atoms with Crippen LogP contribution in [0.4, 0.5) is 0 Å². The second-order valence-corrected chi connectivity index (χ2v) is 11.0. The number of esters is 1. The number of carbonyl (C=O) groups excluding carboxylic acids is 2. The first-order valence-corrected chi connectivity index (χ1v) is 14.7. The maximum Gasteiger partial charge on any atom is 0.336 e. The summed E-state index contributed by atoms with van der Waals surface area (Å²) in [6, 6.07) is 0. The van der Waals surface area contributed by atoms with Crippen LogP contribution in [0.2, 0.25) is 0 Å². The molecule has 13 heteroatoms. The number of carboxylic acids is 1. The van der Waals surface area contributed by atoms with Crippen molar-refractivity contribution in [3.8, 4) is 0 Å². The Morgan fingerprint density at radius 3 is 1.91 bits per heavy atom. The van der Waals surface area contributed by atoms with Crippen LogP contribution in [0.15, 0.2) is 83.1 Å². The summed E-state index contributed by atoms with van der Waals surface area (Å²) in [5, 5.41) is 59.1. The predicted octanol–water partition coefficient (Wildman–Crippen LogP) is 1.18. The lowest BCUT2D eigenvalue weighted by molar-refractivity contribution is -0.299. The van der Waals surface area contributed by atoms with E-state index in [4.69, 9.17) is 24.1 Å². The standard InChI is InChI=1S/C33H44O13/c1-19(11-7-13-21(3)31(40)41)9-5-6-10-20(2)12-8-14-22(4)32(42)46-33-29(38)23(16-34)28(37)26(45-33)18-43-27-15-24(36)30(39)25(17-35)44-27/h5-14,16,23-30,33,35-39H,15,17-18H2,1-4H3,(H,40,41)/b6-5+,11-7+,12-8+,19-9+,20-10+,21-13+,22-14+/t23-,24+,25+,26+,27+,28-,29+,30-,33-/m0/s1. The summed E-state index contributed by atoms with van der Waals surface area (Å²) in [6.07, 6.45) is 6.63. The molecule has 0 amide bonds. The minimum atomic E-state index is -1.66. The summed E-state index contributed by atoms with van der Waals surface area (Å²) in [5.74, 6) is -3.17. The van der Waals surface area contributed by atoms with Crippen molar-refractivity contribution in [3.05, 3.63) is 83.1 Å². The number of carbonyl (C=O) groups is 3. The highest BCUT2D eigenvalue weighted by atomic mass is 16.7. The average Bonchev–Trinajstić information content (AvgIpc) is 3.01. The van der Waals surface area contributed by atoms with Gasteiger partial charge >= 0.3 is 11.9 Å².